The maximum atomic E-state index is 12.4. The predicted octanol–water partition coefficient (Wildman–Crippen LogP) is 1.45. The van der Waals surface area contributed by atoms with E-state index in [0.29, 0.717) is 13.1 Å². The number of carboxylic acid groups (broad SMARTS) is 1. The third-order valence-corrected chi connectivity index (χ3v) is 5.40. The quantitative estimate of drug-likeness (QED) is 0.813. The van der Waals surface area contributed by atoms with E-state index >= 15 is 0 Å². The molecule has 5 heteroatoms. The van der Waals surface area contributed by atoms with Crippen molar-refractivity contribution in [2.75, 3.05) is 18.8 Å². The number of hydrogen-bond acceptors (Lipinski definition) is 3. The largest absolute Gasteiger partial charge is 0.481 e. The van der Waals surface area contributed by atoms with Crippen molar-refractivity contribution < 1.29 is 14.7 Å². The summed E-state index contributed by atoms with van der Waals surface area (Å²) >= 11 is 1.71. The smallest absolute Gasteiger partial charge is 0.308 e. The fourth-order valence-corrected chi connectivity index (χ4v) is 4.02. The molecule has 2 saturated heterocycles. The van der Waals surface area contributed by atoms with Gasteiger partial charge in [-0.15, -0.1) is 11.8 Å². The Hall–Kier alpha value is -0.710. The first-order chi connectivity index (χ1) is 7.94. The summed E-state index contributed by atoms with van der Waals surface area (Å²) in [4.78, 5) is 25.2. The van der Waals surface area contributed by atoms with Gasteiger partial charge in [-0.1, -0.05) is 6.92 Å². The zero-order valence-corrected chi connectivity index (χ0v) is 11.1. The van der Waals surface area contributed by atoms with Gasteiger partial charge < -0.3 is 10.0 Å². The number of rotatable bonds is 2. The summed E-state index contributed by atoms with van der Waals surface area (Å²) in [6.07, 6.45) is 2.00. The van der Waals surface area contributed by atoms with Crippen LogP contribution in [0.1, 0.15) is 26.7 Å². The summed E-state index contributed by atoms with van der Waals surface area (Å²) in [6, 6.07) is 0. The van der Waals surface area contributed by atoms with Crippen LogP contribution in [0.5, 0.6) is 0 Å². The number of amides is 1. The second kappa shape index (κ2) is 4.52. The van der Waals surface area contributed by atoms with Crippen LogP contribution in [0.3, 0.4) is 0 Å². The lowest BCUT2D eigenvalue weighted by Gasteiger charge is -2.28. The van der Waals surface area contributed by atoms with Gasteiger partial charge in [-0.3, -0.25) is 9.59 Å². The van der Waals surface area contributed by atoms with E-state index in [0.717, 1.165) is 18.6 Å². The minimum Gasteiger partial charge on any atom is -0.481 e. The van der Waals surface area contributed by atoms with Crippen molar-refractivity contribution in [2.45, 2.75) is 31.4 Å². The molecule has 0 bridgehead atoms. The van der Waals surface area contributed by atoms with Crippen molar-refractivity contribution in [3.63, 3.8) is 0 Å². The molecule has 2 heterocycles. The molecule has 0 aromatic carbocycles. The van der Waals surface area contributed by atoms with Gasteiger partial charge in [0.1, 0.15) is 0 Å². The van der Waals surface area contributed by atoms with Crippen molar-refractivity contribution in [1.29, 1.82) is 0 Å². The Bertz CT molecular complexity index is 339. The standard InChI is InChI=1S/C12H19NO3S/c1-8-6-13(7-9(8)10(14)15)11(16)12(2)4-3-5-17-12/h8-9H,3-7H2,1-2H3,(H,14,15). The summed E-state index contributed by atoms with van der Waals surface area (Å²) in [7, 11) is 0. The van der Waals surface area contributed by atoms with Crippen molar-refractivity contribution in [1.82, 2.24) is 4.90 Å². The van der Waals surface area contributed by atoms with Gasteiger partial charge in [0.25, 0.3) is 0 Å². The lowest BCUT2D eigenvalue weighted by atomic mass is 9.99. The lowest BCUT2D eigenvalue weighted by Crippen LogP contribution is -2.43. The molecular formula is C12H19NO3S. The van der Waals surface area contributed by atoms with Gasteiger partial charge in [0.2, 0.25) is 5.91 Å². The van der Waals surface area contributed by atoms with Crippen LogP contribution in [0.25, 0.3) is 0 Å². The second-order valence-corrected chi connectivity index (χ2v) is 6.91. The highest BCUT2D eigenvalue weighted by molar-refractivity contribution is 8.01. The Balaban J connectivity index is 2.05. The first-order valence-corrected chi connectivity index (χ1v) is 7.09. The SMILES string of the molecule is CC1CN(C(=O)C2(C)CCCS2)CC1C(=O)O. The molecule has 2 rings (SSSR count). The number of carbonyl (C=O) groups is 2. The molecule has 2 aliphatic rings. The van der Waals surface area contributed by atoms with E-state index in [4.69, 9.17) is 5.11 Å². The Labute approximate surface area is 106 Å². The normalized spacial score (nSPS) is 37.4. The van der Waals surface area contributed by atoms with Crippen molar-refractivity contribution in [3.8, 4) is 0 Å². The van der Waals surface area contributed by atoms with Gasteiger partial charge in [0.15, 0.2) is 0 Å². The van der Waals surface area contributed by atoms with E-state index in [1.54, 1.807) is 16.7 Å². The summed E-state index contributed by atoms with van der Waals surface area (Å²) in [5, 5.41) is 9.07. The molecule has 0 saturated carbocycles. The van der Waals surface area contributed by atoms with Gasteiger partial charge in [0.05, 0.1) is 10.7 Å². The zero-order valence-electron chi connectivity index (χ0n) is 10.3. The van der Waals surface area contributed by atoms with Gasteiger partial charge in [-0.25, -0.2) is 0 Å². The van der Waals surface area contributed by atoms with Crippen LogP contribution in [0, 0.1) is 11.8 Å². The first kappa shape index (κ1) is 12.7. The Morgan fingerprint density at radius 2 is 2.12 bits per heavy atom. The monoisotopic (exact) mass is 257 g/mol. The molecule has 0 aromatic heterocycles. The number of thioether (sulfide) groups is 1. The van der Waals surface area contributed by atoms with Crippen molar-refractivity contribution >= 4 is 23.6 Å². The van der Waals surface area contributed by atoms with E-state index in [1.165, 1.54) is 0 Å². The summed E-state index contributed by atoms with van der Waals surface area (Å²) in [6.45, 7) is 4.87. The molecule has 1 N–H and O–H groups in total. The highest BCUT2D eigenvalue weighted by Crippen LogP contribution is 2.40. The molecule has 3 unspecified atom stereocenters. The van der Waals surface area contributed by atoms with E-state index < -0.39 is 11.9 Å². The summed E-state index contributed by atoms with van der Waals surface area (Å²) in [5.74, 6) is 0.0570. The maximum Gasteiger partial charge on any atom is 0.308 e. The fourth-order valence-electron chi connectivity index (χ4n) is 2.74. The van der Waals surface area contributed by atoms with Crippen LogP contribution in [-0.2, 0) is 9.59 Å². The van der Waals surface area contributed by atoms with Crippen LogP contribution < -0.4 is 0 Å². The molecular weight excluding hydrogens is 238 g/mol. The summed E-state index contributed by atoms with van der Waals surface area (Å²) in [5.41, 5.74) is 0. The average molecular weight is 257 g/mol. The minimum absolute atomic E-state index is 0.0615. The maximum absolute atomic E-state index is 12.4. The molecule has 0 radical (unpaired) electrons. The topological polar surface area (TPSA) is 57.6 Å². The van der Waals surface area contributed by atoms with E-state index in [9.17, 15) is 9.59 Å². The third-order valence-electron chi connectivity index (χ3n) is 3.89. The predicted molar refractivity (Wildman–Crippen MR) is 67.0 cm³/mol. The molecule has 2 fully saturated rings. The molecule has 1 amide bonds. The van der Waals surface area contributed by atoms with Crippen LogP contribution in [0.2, 0.25) is 0 Å². The van der Waals surface area contributed by atoms with Crippen LogP contribution in [-0.4, -0.2) is 45.5 Å². The van der Waals surface area contributed by atoms with Gasteiger partial charge in [-0.05, 0) is 31.4 Å². The number of carboxylic acids is 1. The third kappa shape index (κ3) is 2.30. The first-order valence-electron chi connectivity index (χ1n) is 6.10. The molecule has 4 nitrogen and oxygen atoms in total. The Morgan fingerprint density at radius 3 is 2.59 bits per heavy atom. The molecule has 0 aliphatic carbocycles. The van der Waals surface area contributed by atoms with Gasteiger partial charge in [0, 0.05) is 13.1 Å². The van der Waals surface area contributed by atoms with Crippen LogP contribution >= 0.6 is 11.8 Å². The molecule has 17 heavy (non-hydrogen) atoms. The zero-order chi connectivity index (χ0) is 12.6. The highest BCUT2D eigenvalue weighted by Gasteiger charge is 2.45. The second-order valence-electron chi connectivity index (χ2n) is 5.32. The molecule has 0 spiro atoms. The van der Waals surface area contributed by atoms with Crippen molar-refractivity contribution in [3.05, 3.63) is 0 Å². The Kier molecular flexibility index (Phi) is 3.39. The Morgan fingerprint density at radius 1 is 1.41 bits per heavy atom. The molecule has 3 atom stereocenters. The van der Waals surface area contributed by atoms with Crippen LogP contribution in [0.4, 0.5) is 0 Å². The molecule has 2 aliphatic heterocycles. The van der Waals surface area contributed by atoms with E-state index in [2.05, 4.69) is 0 Å². The van der Waals surface area contributed by atoms with Gasteiger partial charge >= 0.3 is 5.97 Å². The molecule has 0 aromatic rings. The van der Waals surface area contributed by atoms with E-state index in [-0.39, 0.29) is 16.6 Å². The number of aliphatic carboxylic acids is 1. The number of carbonyl (C=O) groups excluding carboxylic acids is 1. The lowest BCUT2D eigenvalue weighted by molar-refractivity contribution is -0.142. The highest BCUT2D eigenvalue weighted by atomic mass is 32.2. The number of likely N-dealkylation sites (tertiary alicyclic amines) is 1. The minimum atomic E-state index is -0.781. The molecule has 96 valence electrons. The fraction of sp³-hybridized carbons (Fsp3) is 0.833. The number of nitrogens with zero attached hydrogens (tertiary/aromatic N) is 1. The number of hydrogen-bond donors (Lipinski definition) is 1. The summed E-state index contributed by atoms with van der Waals surface area (Å²) < 4.78 is -0.312. The average Bonchev–Trinajstić information content (AvgIpc) is 2.84. The van der Waals surface area contributed by atoms with Crippen molar-refractivity contribution in [2.24, 2.45) is 11.8 Å². The van der Waals surface area contributed by atoms with E-state index in [1.807, 2.05) is 13.8 Å². The van der Waals surface area contributed by atoms with Gasteiger partial charge in [-0.2, -0.15) is 0 Å². The van der Waals surface area contributed by atoms with Crippen LogP contribution in [0.15, 0.2) is 0 Å².